The van der Waals surface area contributed by atoms with Gasteiger partial charge in [0.15, 0.2) is 5.76 Å². The number of carbonyl (C=O) groups is 3. The second-order valence-electron chi connectivity index (χ2n) is 6.94. The van der Waals surface area contributed by atoms with Gasteiger partial charge >= 0.3 is 5.91 Å². The Balaban J connectivity index is 1.29. The van der Waals surface area contributed by atoms with Crippen molar-refractivity contribution < 1.29 is 23.5 Å². The summed E-state index contributed by atoms with van der Waals surface area (Å²) in [5.74, 6) is 0.0144. The number of nitrogens with zero attached hydrogens (tertiary/aromatic N) is 1. The number of para-hydroxylation sites is 1. The Kier molecular flexibility index (Phi) is 6.32. The molecule has 3 heterocycles. The number of rotatable bonds is 6. The van der Waals surface area contributed by atoms with E-state index in [1.165, 1.54) is 17.4 Å². The second-order valence-corrected chi connectivity index (χ2v) is 7.89. The summed E-state index contributed by atoms with van der Waals surface area (Å²) in [7, 11) is 0. The molecule has 1 fully saturated rings. The van der Waals surface area contributed by atoms with Crippen LogP contribution in [0.25, 0.3) is 0 Å². The van der Waals surface area contributed by atoms with E-state index in [2.05, 4.69) is 10.9 Å². The molecule has 9 heteroatoms. The Morgan fingerprint density at radius 2 is 1.90 bits per heavy atom. The fraction of sp³-hybridized carbons (Fsp3) is 0.227. The molecule has 0 radical (unpaired) electrons. The fourth-order valence-corrected chi connectivity index (χ4v) is 4.02. The van der Waals surface area contributed by atoms with E-state index in [0.29, 0.717) is 29.4 Å². The highest BCUT2D eigenvalue weighted by molar-refractivity contribution is 7.12. The molecule has 2 N–H and O–H groups in total. The number of hydrogen-bond donors (Lipinski definition) is 2. The van der Waals surface area contributed by atoms with E-state index >= 15 is 0 Å². The van der Waals surface area contributed by atoms with Crippen LogP contribution < -0.4 is 15.6 Å². The third kappa shape index (κ3) is 4.95. The first kappa shape index (κ1) is 20.7. The average Bonchev–Trinajstić information content (AvgIpc) is 3.57. The van der Waals surface area contributed by atoms with Crippen molar-refractivity contribution in [2.45, 2.75) is 25.5 Å². The molecular formula is C22H21N3O5S. The van der Waals surface area contributed by atoms with Crippen molar-refractivity contribution >= 4 is 29.1 Å². The minimum Gasteiger partial charge on any atom is -0.486 e. The van der Waals surface area contributed by atoms with E-state index in [9.17, 15) is 14.4 Å². The molecule has 1 aliphatic rings. The molecule has 8 nitrogen and oxygen atoms in total. The quantitative estimate of drug-likeness (QED) is 0.575. The van der Waals surface area contributed by atoms with Gasteiger partial charge in [-0.3, -0.25) is 25.2 Å². The smallest absolute Gasteiger partial charge is 0.305 e. The monoisotopic (exact) mass is 439 g/mol. The highest BCUT2D eigenvalue weighted by Gasteiger charge is 2.35. The Hall–Kier alpha value is -3.59. The van der Waals surface area contributed by atoms with Gasteiger partial charge in [0.1, 0.15) is 24.2 Å². The molecule has 3 aromatic rings. The molecule has 2 aromatic heterocycles. The summed E-state index contributed by atoms with van der Waals surface area (Å²) in [6.07, 6.45) is 1.27. The lowest BCUT2D eigenvalue weighted by atomic mass is 10.2. The summed E-state index contributed by atoms with van der Waals surface area (Å²) in [6.45, 7) is 0.678. The van der Waals surface area contributed by atoms with Crippen LogP contribution in [0, 0.1) is 0 Å². The topological polar surface area (TPSA) is 101 Å². The molecule has 1 saturated heterocycles. The van der Waals surface area contributed by atoms with E-state index < -0.39 is 17.9 Å². The zero-order valence-corrected chi connectivity index (χ0v) is 17.4. The second kappa shape index (κ2) is 9.48. The number of furan rings is 1. The van der Waals surface area contributed by atoms with Crippen LogP contribution >= 0.6 is 11.3 Å². The number of thiophene rings is 1. The number of ether oxygens (including phenoxy) is 1. The molecule has 160 valence electrons. The van der Waals surface area contributed by atoms with Crippen molar-refractivity contribution in [3.8, 4) is 5.75 Å². The van der Waals surface area contributed by atoms with Crippen LogP contribution in [0.1, 0.15) is 38.8 Å². The van der Waals surface area contributed by atoms with E-state index in [1.54, 1.807) is 23.1 Å². The molecular weight excluding hydrogens is 418 g/mol. The first-order valence-corrected chi connectivity index (χ1v) is 10.7. The minimum absolute atomic E-state index is 0.0462. The van der Waals surface area contributed by atoms with Crippen molar-refractivity contribution in [2.75, 3.05) is 6.54 Å². The van der Waals surface area contributed by atoms with Crippen molar-refractivity contribution in [1.29, 1.82) is 0 Å². The van der Waals surface area contributed by atoms with Gasteiger partial charge in [0.05, 0.1) is 4.88 Å². The summed E-state index contributed by atoms with van der Waals surface area (Å²) in [6, 6.07) is 15.3. The van der Waals surface area contributed by atoms with E-state index in [-0.39, 0.29) is 18.3 Å². The minimum atomic E-state index is -0.624. The van der Waals surface area contributed by atoms with Crippen LogP contribution in [0.2, 0.25) is 0 Å². The van der Waals surface area contributed by atoms with Gasteiger partial charge in [-0.15, -0.1) is 11.3 Å². The lowest BCUT2D eigenvalue weighted by molar-refractivity contribution is -0.125. The number of benzene rings is 1. The van der Waals surface area contributed by atoms with Gasteiger partial charge in [-0.1, -0.05) is 24.3 Å². The van der Waals surface area contributed by atoms with Gasteiger partial charge in [0, 0.05) is 6.54 Å². The van der Waals surface area contributed by atoms with Crippen LogP contribution in [-0.4, -0.2) is 35.2 Å². The molecule has 1 aromatic carbocycles. The number of carbonyl (C=O) groups excluding carboxylic acids is 3. The molecule has 0 saturated carbocycles. The summed E-state index contributed by atoms with van der Waals surface area (Å²) in [4.78, 5) is 39.6. The van der Waals surface area contributed by atoms with Crippen molar-refractivity contribution in [2.24, 2.45) is 0 Å². The number of likely N-dealkylation sites (tertiary alicyclic amines) is 1. The van der Waals surface area contributed by atoms with Crippen molar-refractivity contribution in [3.05, 3.63) is 76.4 Å². The number of amides is 3. The molecule has 0 bridgehead atoms. The lowest BCUT2D eigenvalue weighted by Gasteiger charge is -2.23. The Morgan fingerprint density at radius 3 is 2.68 bits per heavy atom. The standard InChI is InChI=1S/C22H21N3O5S/c26-20(17-8-4-12-25(17)22(28)19-9-5-13-31-19)23-24-21(27)18-11-10-16(30-18)14-29-15-6-2-1-3-7-15/h1-3,5-7,9-11,13,17H,4,8,12,14H2,(H,23,26)(H,24,27)/t17-/m0/s1. The largest absolute Gasteiger partial charge is 0.486 e. The van der Waals surface area contributed by atoms with E-state index in [0.717, 1.165) is 6.42 Å². The fourth-order valence-electron chi connectivity index (χ4n) is 3.34. The normalized spacial score (nSPS) is 15.5. The third-order valence-electron chi connectivity index (χ3n) is 4.86. The summed E-state index contributed by atoms with van der Waals surface area (Å²) in [5, 5.41) is 1.82. The van der Waals surface area contributed by atoms with Gasteiger partial charge in [-0.2, -0.15) is 0 Å². The first-order chi connectivity index (χ1) is 15.1. The number of hydrogen-bond acceptors (Lipinski definition) is 6. The van der Waals surface area contributed by atoms with Gasteiger partial charge in [-0.05, 0) is 48.6 Å². The lowest BCUT2D eigenvalue weighted by Crippen LogP contribution is -2.51. The molecule has 3 amide bonds. The zero-order valence-electron chi connectivity index (χ0n) is 16.6. The van der Waals surface area contributed by atoms with Crippen LogP contribution in [0.15, 0.2) is 64.4 Å². The highest BCUT2D eigenvalue weighted by atomic mass is 32.1. The SMILES string of the molecule is O=C(NNC(=O)[C@@H]1CCCN1C(=O)c1cccs1)c1ccc(COc2ccccc2)o1. The molecule has 0 aliphatic carbocycles. The Morgan fingerprint density at radius 1 is 1.06 bits per heavy atom. The maximum Gasteiger partial charge on any atom is 0.305 e. The average molecular weight is 439 g/mol. The van der Waals surface area contributed by atoms with Crippen LogP contribution in [0.3, 0.4) is 0 Å². The van der Waals surface area contributed by atoms with Crippen LogP contribution in [-0.2, 0) is 11.4 Å². The molecule has 0 spiro atoms. The Labute approximate surface area is 182 Å². The maximum atomic E-state index is 12.6. The predicted octanol–water partition coefficient (Wildman–Crippen LogP) is 2.99. The predicted molar refractivity (Wildman–Crippen MR) is 113 cm³/mol. The molecule has 1 atom stereocenters. The van der Waals surface area contributed by atoms with Gasteiger partial charge < -0.3 is 14.1 Å². The van der Waals surface area contributed by atoms with Crippen LogP contribution in [0.4, 0.5) is 0 Å². The van der Waals surface area contributed by atoms with Gasteiger partial charge in [0.25, 0.3) is 11.8 Å². The van der Waals surface area contributed by atoms with Crippen molar-refractivity contribution in [1.82, 2.24) is 15.8 Å². The van der Waals surface area contributed by atoms with Crippen molar-refractivity contribution in [3.63, 3.8) is 0 Å². The molecule has 31 heavy (non-hydrogen) atoms. The van der Waals surface area contributed by atoms with Crippen LogP contribution in [0.5, 0.6) is 5.75 Å². The number of hydrazine groups is 1. The zero-order chi connectivity index (χ0) is 21.6. The highest BCUT2D eigenvalue weighted by Crippen LogP contribution is 2.22. The number of nitrogens with one attached hydrogen (secondary N) is 2. The van der Waals surface area contributed by atoms with Gasteiger partial charge in [0.2, 0.25) is 0 Å². The maximum absolute atomic E-state index is 12.6. The molecule has 4 rings (SSSR count). The van der Waals surface area contributed by atoms with E-state index in [1.807, 2.05) is 35.7 Å². The Bertz CT molecular complexity index is 1050. The summed E-state index contributed by atoms with van der Waals surface area (Å²) >= 11 is 1.34. The first-order valence-electron chi connectivity index (χ1n) is 9.83. The van der Waals surface area contributed by atoms with Gasteiger partial charge in [-0.25, -0.2) is 0 Å². The summed E-state index contributed by atoms with van der Waals surface area (Å²) in [5.41, 5.74) is 4.75. The van der Waals surface area contributed by atoms with E-state index in [4.69, 9.17) is 9.15 Å². The molecule has 1 aliphatic heterocycles. The summed E-state index contributed by atoms with van der Waals surface area (Å²) < 4.78 is 11.1. The molecule has 0 unspecified atom stereocenters. The third-order valence-corrected chi connectivity index (χ3v) is 5.72.